The zero-order chi connectivity index (χ0) is 10.6. The Hall–Kier alpha value is -1.80. The second-order valence-corrected chi connectivity index (χ2v) is 3.16. The molecule has 1 aromatic rings. The van der Waals surface area contributed by atoms with E-state index in [-0.39, 0.29) is 5.92 Å². The minimum atomic E-state index is -0.446. The summed E-state index contributed by atoms with van der Waals surface area (Å²) in [4.78, 5) is 0. The first-order valence-electron chi connectivity index (χ1n) is 4.29. The summed E-state index contributed by atoms with van der Waals surface area (Å²) in [5.41, 5.74) is 1.88. The van der Waals surface area contributed by atoms with E-state index in [1.54, 1.807) is 25.1 Å². The molecule has 1 rings (SSSR count). The van der Waals surface area contributed by atoms with E-state index in [1.165, 1.54) is 0 Å². The molecule has 0 aliphatic carbocycles. The zero-order valence-corrected chi connectivity index (χ0v) is 7.92. The Balaban J connectivity index is 3.20. The van der Waals surface area contributed by atoms with Gasteiger partial charge in [0.2, 0.25) is 0 Å². The van der Waals surface area contributed by atoms with Crippen molar-refractivity contribution < 1.29 is 4.39 Å². The van der Waals surface area contributed by atoms with Crippen LogP contribution in [-0.2, 0) is 0 Å². The summed E-state index contributed by atoms with van der Waals surface area (Å²) in [5.74, 6) is 2.23. The number of nitriles is 1. The molecule has 0 bridgehead atoms. The highest BCUT2D eigenvalue weighted by atomic mass is 19.1. The van der Waals surface area contributed by atoms with Gasteiger partial charge in [-0.1, -0.05) is 12.8 Å². The van der Waals surface area contributed by atoms with E-state index < -0.39 is 6.67 Å². The molecule has 1 unspecified atom stereocenters. The fraction of sp³-hybridized carbons (Fsp3) is 0.250. The number of halogens is 1. The van der Waals surface area contributed by atoms with Gasteiger partial charge in [0.25, 0.3) is 0 Å². The minimum Gasteiger partial charge on any atom is -0.250 e. The van der Waals surface area contributed by atoms with Crippen molar-refractivity contribution in [3.8, 4) is 18.4 Å². The SMILES string of the molecule is C#Cc1cc(C#N)cc(C(C)CF)c1. The van der Waals surface area contributed by atoms with E-state index >= 15 is 0 Å². The van der Waals surface area contributed by atoms with Crippen LogP contribution in [0, 0.1) is 23.7 Å². The Labute approximate surface area is 83.2 Å². The molecular weight excluding hydrogens is 177 g/mol. The third-order valence-electron chi connectivity index (χ3n) is 2.05. The lowest BCUT2D eigenvalue weighted by Gasteiger charge is -2.07. The van der Waals surface area contributed by atoms with Crippen molar-refractivity contribution in [3.63, 3.8) is 0 Å². The van der Waals surface area contributed by atoms with Crippen LogP contribution in [0.2, 0.25) is 0 Å². The van der Waals surface area contributed by atoms with E-state index in [2.05, 4.69) is 5.92 Å². The van der Waals surface area contributed by atoms with Crippen LogP contribution in [0.25, 0.3) is 0 Å². The Morgan fingerprint density at radius 1 is 1.43 bits per heavy atom. The molecule has 2 heteroatoms. The number of alkyl halides is 1. The first kappa shape index (κ1) is 10.3. The quantitative estimate of drug-likeness (QED) is 0.653. The normalized spacial score (nSPS) is 11.4. The largest absolute Gasteiger partial charge is 0.250 e. The van der Waals surface area contributed by atoms with E-state index in [0.717, 1.165) is 5.56 Å². The van der Waals surface area contributed by atoms with Gasteiger partial charge >= 0.3 is 0 Å². The molecule has 0 amide bonds. The summed E-state index contributed by atoms with van der Waals surface area (Å²) in [5, 5.41) is 8.72. The number of hydrogen-bond donors (Lipinski definition) is 0. The number of rotatable bonds is 2. The van der Waals surface area contributed by atoms with Gasteiger partial charge in [-0.2, -0.15) is 5.26 Å². The third-order valence-corrected chi connectivity index (χ3v) is 2.05. The summed E-state index contributed by atoms with van der Waals surface area (Å²) < 4.78 is 12.4. The molecule has 0 saturated carbocycles. The second kappa shape index (κ2) is 4.44. The Morgan fingerprint density at radius 2 is 2.07 bits per heavy atom. The van der Waals surface area contributed by atoms with Gasteiger partial charge in [0, 0.05) is 11.5 Å². The maximum absolute atomic E-state index is 12.4. The second-order valence-electron chi connectivity index (χ2n) is 3.16. The highest BCUT2D eigenvalue weighted by molar-refractivity contribution is 5.44. The highest BCUT2D eigenvalue weighted by Gasteiger charge is 2.07. The molecule has 0 aromatic heterocycles. The number of benzene rings is 1. The Kier molecular flexibility index (Phi) is 3.26. The maximum Gasteiger partial charge on any atom is 0.0992 e. The predicted octanol–water partition coefficient (Wildman–Crippen LogP) is 2.61. The van der Waals surface area contributed by atoms with Crippen molar-refractivity contribution >= 4 is 0 Å². The molecule has 1 aromatic carbocycles. The molecule has 0 aliphatic rings. The summed E-state index contributed by atoms with van der Waals surface area (Å²) in [6, 6.07) is 7.04. The maximum atomic E-state index is 12.4. The van der Waals surface area contributed by atoms with Gasteiger partial charge in [0.05, 0.1) is 18.3 Å². The lowest BCUT2D eigenvalue weighted by Crippen LogP contribution is -1.97. The average Bonchev–Trinajstić information content (AvgIpc) is 2.27. The number of hydrogen-bond acceptors (Lipinski definition) is 1. The zero-order valence-electron chi connectivity index (χ0n) is 7.92. The van der Waals surface area contributed by atoms with Crippen LogP contribution in [-0.4, -0.2) is 6.67 Å². The smallest absolute Gasteiger partial charge is 0.0992 e. The van der Waals surface area contributed by atoms with Gasteiger partial charge in [-0.15, -0.1) is 6.42 Å². The van der Waals surface area contributed by atoms with Crippen LogP contribution in [0.3, 0.4) is 0 Å². The lowest BCUT2D eigenvalue weighted by molar-refractivity contribution is 0.447. The molecule has 0 N–H and O–H groups in total. The van der Waals surface area contributed by atoms with E-state index in [0.29, 0.717) is 11.1 Å². The molecule has 1 nitrogen and oxygen atoms in total. The summed E-state index contributed by atoms with van der Waals surface area (Å²) in [6.45, 7) is 1.32. The molecule has 0 saturated heterocycles. The van der Waals surface area contributed by atoms with Crippen LogP contribution in [0.5, 0.6) is 0 Å². The number of nitrogens with zero attached hydrogens (tertiary/aromatic N) is 1. The van der Waals surface area contributed by atoms with Crippen molar-refractivity contribution in [2.24, 2.45) is 0 Å². The summed E-state index contributed by atoms with van der Waals surface area (Å²) in [7, 11) is 0. The van der Waals surface area contributed by atoms with E-state index in [9.17, 15) is 4.39 Å². The molecule has 0 fully saturated rings. The molecule has 1 atom stereocenters. The Morgan fingerprint density at radius 3 is 2.57 bits per heavy atom. The van der Waals surface area contributed by atoms with Crippen molar-refractivity contribution in [2.45, 2.75) is 12.8 Å². The van der Waals surface area contributed by atoms with Gasteiger partial charge in [-0.3, -0.25) is 4.39 Å². The summed E-state index contributed by atoms with van der Waals surface area (Å²) in [6.07, 6.45) is 5.23. The lowest BCUT2D eigenvalue weighted by atomic mass is 9.98. The van der Waals surface area contributed by atoms with Gasteiger partial charge in [0.15, 0.2) is 0 Å². The van der Waals surface area contributed by atoms with Gasteiger partial charge in [-0.25, -0.2) is 0 Å². The molecule has 70 valence electrons. The summed E-state index contributed by atoms with van der Waals surface area (Å²) >= 11 is 0. The van der Waals surface area contributed by atoms with Crippen molar-refractivity contribution in [1.29, 1.82) is 5.26 Å². The first-order valence-corrected chi connectivity index (χ1v) is 4.29. The predicted molar refractivity (Wildman–Crippen MR) is 53.5 cm³/mol. The number of terminal acetylenes is 1. The van der Waals surface area contributed by atoms with Crippen LogP contribution in [0.15, 0.2) is 18.2 Å². The molecule has 0 heterocycles. The van der Waals surface area contributed by atoms with Crippen LogP contribution in [0.4, 0.5) is 4.39 Å². The van der Waals surface area contributed by atoms with Crippen molar-refractivity contribution in [2.75, 3.05) is 6.67 Å². The fourth-order valence-corrected chi connectivity index (χ4v) is 1.17. The molecule has 0 spiro atoms. The minimum absolute atomic E-state index is 0.213. The van der Waals surface area contributed by atoms with E-state index in [1.807, 2.05) is 6.07 Å². The van der Waals surface area contributed by atoms with Crippen LogP contribution >= 0.6 is 0 Å². The van der Waals surface area contributed by atoms with Crippen LogP contribution < -0.4 is 0 Å². The Bertz CT molecular complexity index is 377. The van der Waals surface area contributed by atoms with Gasteiger partial charge in [0.1, 0.15) is 0 Å². The highest BCUT2D eigenvalue weighted by Crippen LogP contribution is 2.18. The van der Waals surface area contributed by atoms with Gasteiger partial charge < -0.3 is 0 Å². The first-order chi connectivity index (χ1) is 6.71. The topological polar surface area (TPSA) is 23.8 Å². The van der Waals surface area contributed by atoms with Crippen LogP contribution in [0.1, 0.15) is 29.5 Å². The monoisotopic (exact) mass is 187 g/mol. The van der Waals surface area contributed by atoms with Crippen molar-refractivity contribution in [3.05, 3.63) is 34.9 Å². The van der Waals surface area contributed by atoms with E-state index in [4.69, 9.17) is 11.7 Å². The average molecular weight is 187 g/mol. The van der Waals surface area contributed by atoms with Crippen molar-refractivity contribution in [1.82, 2.24) is 0 Å². The molecular formula is C12H10FN. The molecule has 0 radical (unpaired) electrons. The third kappa shape index (κ3) is 2.12. The van der Waals surface area contributed by atoms with Gasteiger partial charge in [-0.05, 0) is 23.8 Å². The molecule has 0 aliphatic heterocycles. The molecule has 14 heavy (non-hydrogen) atoms. The fourth-order valence-electron chi connectivity index (χ4n) is 1.17. The standard InChI is InChI=1S/C12H10FN/c1-3-10-4-11(8-14)6-12(5-10)9(2)7-13/h1,4-6,9H,7H2,2H3.